The number of carboxylic acid groups (broad SMARTS) is 1. The number of hydrogen-bond donors (Lipinski definition) is 3. The van der Waals surface area contributed by atoms with Crippen LogP contribution in [0, 0.1) is 5.92 Å². The van der Waals surface area contributed by atoms with E-state index in [1.54, 1.807) is 7.05 Å². The van der Waals surface area contributed by atoms with Crippen LogP contribution in [0.2, 0.25) is 0 Å². The van der Waals surface area contributed by atoms with E-state index >= 15 is 0 Å². The van der Waals surface area contributed by atoms with Gasteiger partial charge in [-0.3, -0.25) is 4.79 Å². The van der Waals surface area contributed by atoms with E-state index in [4.69, 9.17) is 10.8 Å². The van der Waals surface area contributed by atoms with E-state index in [0.29, 0.717) is 18.2 Å². The van der Waals surface area contributed by atoms with E-state index in [9.17, 15) is 9.59 Å². The molecule has 0 spiro atoms. The third kappa shape index (κ3) is 4.42. The molecular weight excluding hydrogens is 260 g/mol. The van der Waals surface area contributed by atoms with Gasteiger partial charge in [0.25, 0.3) is 0 Å². The van der Waals surface area contributed by atoms with E-state index in [-0.39, 0.29) is 24.0 Å². The van der Waals surface area contributed by atoms with Gasteiger partial charge in [-0.1, -0.05) is 13.8 Å². The maximum atomic E-state index is 11.7. The van der Waals surface area contributed by atoms with Crippen LogP contribution in [0.5, 0.6) is 0 Å². The molecule has 0 unspecified atom stereocenters. The van der Waals surface area contributed by atoms with Crippen LogP contribution in [0.4, 0.5) is 11.5 Å². The van der Waals surface area contributed by atoms with Gasteiger partial charge >= 0.3 is 5.97 Å². The summed E-state index contributed by atoms with van der Waals surface area (Å²) in [5.41, 5.74) is 5.98. The highest BCUT2D eigenvalue weighted by Gasteiger charge is 2.14. The number of rotatable bonds is 6. The second-order valence-corrected chi connectivity index (χ2v) is 4.97. The number of aromatic carboxylic acids is 1. The van der Waals surface area contributed by atoms with Crippen molar-refractivity contribution in [2.45, 2.75) is 13.8 Å². The number of nitrogens with one attached hydrogen (secondary N) is 1. The smallest absolute Gasteiger partial charge is 0.354 e. The van der Waals surface area contributed by atoms with Gasteiger partial charge in [0, 0.05) is 13.6 Å². The van der Waals surface area contributed by atoms with Gasteiger partial charge in [0.1, 0.15) is 0 Å². The average molecular weight is 280 g/mol. The Morgan fingerprint density at radius 2 is 2.10 bits per heavy atom. The molecule has 0 bridgehead atoms. The summed E-state index contributed by atoms with van der Waals surface area (Å²) in [4.78, 5) is 28.1. The maximum Gasteiger partial charge on any atom is 0.354 e. The summed E-state index contributed by atoms with van der Waals surface area (Å²) in [5, 5.41) is 11.7. The lowest BCUT2D eigenvalue weighted by Crippen LogP contribution is -2.37. The number of pyridine rings is 1. The van der Waals surface area contributed by atoms with Gasteiger partial charge in [0.05, 0.1) is 12.2 Å². The Balaban J connectivity index is 2.76. The normalized spacial score (nSPS) is 10.4. The number of carboxylic acids is 1. The second-order valence-electron chi connectivity index (χ2n) is 4.97. The van der Waals surface area contributed by atoms with Crippen molar-refractivity contribution in [2.75, 3.05) is 30.8 Å². The molecule has 0 aliphatic rings. The van der Waals surface area contributed by atoms with Crippen molar-refractivity contribution >= 4 is 23.4 Å². The fourth-order valence-electron chi connectivity index (χ4n) is 1.55. The number of nitrogen functional groups attached to an aromatic ring is 1. The van der Waals surface area contributed by atoms with Crippen LogP contribution in [0.1, 0.15) is 24.3 Å². The van der Waals surface area contributed by atoms with Gasteiger partial charge in [-0.25, -0.2) is 9.78 Å². The second kappa shape index (κ2) is 6.74. The summed E-state index contributed by atoms with van der Waals surface area (Å²) in [6.45, 7) is 4.65. The fraction of sp³-hybridized carbons (Fsp3) is 0.462. The molecule has 0 fully saturated rings. The molecule has 0 saturated heterocycles. The zero-order chi connectivity index (χ0) is 15.3. The number of carbonyl (C=O) groups excluding carboxylic acids is 1. The zero-order valence-electron chi connectivity index (χ0n) is 11.9. The Kier molecular flexibility index (Phi) is 5.31. The van der Waals surface area contributed by atoms with E-state index < -0.39 is 5.97 Å². The van der Waals surface area contributed by atoms with Crippen LogP contribution in [0.15, 0.2) is 12.1 Å². The first-order valence-corrected chi connectivity index (χ1v) is 6.29. The molecule has 0 saturated carbocycles. The van der Waals surface area contributed by atoms with Crippen molar-refractivity contribution in [3.05, 3.63) is 17.8 Å². The highest BCUT2D eigenvalue weighted by molar-refractivity contribution is 5.87. The van der Waals surface area contributed by atoms with Crippen molar-refractivity contribution in [2.24, 2.45) is 5.92 Å². The minimum absolute atomic E-state index is 0.0625. The van der Waals surface area contributed by atoms with Crippen molar-refractivity contribution < 1.29 is 14.7 Å². The molecule has 1 heterocycles. The summed E-state index contributed by atoms with van der Waals surface area (Å²) >= 11 is 0. The quantitative estimate of drug-likeness (QED) is 0.703. The lowest BCUT2D eigenvalue weighted by Gasteiger charge is -2.20. The number of aromatic nitrogens is 1. The molecule has 0 aliphatic heterocycles. The number of carbonyl (C=O) groups is 2. The minimum atomic E-state index is -1.14. The minimum Gasteiger partial charge on any atom is -0.477 e. The lowest BCUT2D eigenvalue weighted by molar-refractivity contribution is -0.119. The first-order chi connectivity index (χ1) is 9.31. The number of nitrogens with two attached hydrogens (primary N) is 1. The maximum absolute atomic E-state index is 11.7. The number of amides is 1. The van der Waals surface area contributed by atoms with Crippen LogP contribution < -0.4 is 16.0 Å². The third-order valence-corrected chi connectivity index (χ3v) is 2.57. The van der Waals surface area contributed by atoms with Crippen molar-refractivity contribution in [3.63, 3.8) is 0 Å². The predicted molar refractivity (Wildman–Crippen MR) is 76.7 cm³/mol. The molecule has 7 heteroatoms. The Bertz CT molecular complexity index is 502. The van der Waals surface area contributed by atoms with Crippen LogP contribution in [0.25, 0.3) is 0 Å². The molecular formula is C13H20N4O3. The number of hydrogen-bond acceptors (Lipinski definition) is 5. The Labute approximate surface area is 117 Å². The molecule has 1 rings (SSSR count). The van der Waals surface area contributed by atoms with Crippen LogP contribution in [0.3, 0.4) is 0 Å². The Morgan fingerprint density at radius 3 is 2.65 bits per heavy atom. The standard InChI is InChI=1S/C13H20N4O3/c1-8(2)6-15-11(18)7-17(3)12-9(14)4-5-10(16-12)13(19)20/h4-5,8H,6-7,14H2,1-3H3,(H,15,18)(H,19,20). The van der Waals surface area contributed by atoms with Gasteiger partial charge in [-0.2, -0.15) is 0 Å². The number of nitrogens with zero attached hydrogens (tertiary/aromatic N) is 2. The van der Waals surface area contributed by atoms with Crippen molar-refractivity contribution in [1.82, 2.24) is 10.3 Å². The molecule has 4 N–H and O–H groups in total. The van der Waals surface area contributed by atoms with Crippen molar-refractivity contribution in [1.29, 1.82) is 0 Å². The van der Waals surface area contributed by atoms with E-state index in [2.05, 4.69) is 10.3 Å². The largest absolute Gasteiger partial charge is 0.477 e. The molecule has 1 aromatic rings. The van der Waals surface area contributed by atoms with Crippen LogP contribution in [-0.2, 0) is 4.79 Å². The molecule has 0 aromatic carbocycles. The number of anilines is 2. The first-order valence-electron chi connectivity index (χ1n) is 6.29. The molecule has 0 aliphatic carbocycles. The monoisotopic (exact) mass is 280 g/mol. The summed E-state index contributed by atoms with van der Waals surface area (Å²) in [6.07, 6.45) is 0. The summed E-state index contributed by atoms with van der Waals surface area (Å²) in [6, 6.07) is 2.79. The summed E-state index contributed by atoms with van der Waals surface area (Å²) in [5.74, 6) is -0.653. The summed E-state index contributed by atoms with van der Waals surface area (Å²) < 4.78 is 0. The highest BCUT2D eigenvalue weighted by Crippen LogP contribution is 2.19. The van der Waals surface area contributed by atoms with Gasteiger partial charge < -0.3 is 21.1 Å². The number of likely N-dealkylation sites (N-methyl/N-ethyl adjacent to an activating group) is 1. The van der Waals surface area contributed by atoms with Gasteiger partial charge in [0.2, 0.25) is 5.91 Å². The predicted octanol–water partition coefficient (Wildman–Crippen LogP) is 0.570. The first kappa shape index (κ1) is 15.7. The molecule has 20 heavy (non-hydrogen) atoms. The van der Waals surface area contributed by atoms with Gasteiger partial charge in [-0.05, 0) is 18.1 Å². The van der Waals surface area contributed by atoms with Gasteiger partial charge in [0.15, 0.2) is 11.5 Å². The third-order valence-electron chi connectivity index (χ3n) is 2.57. The van der Waals surface area contributed by atoms with E-state index in [0.717, 1.165) is 0 Å². The Morgan fingerprint density at radius 1 is 1.45 bits per heavy atom. The SMILES string of the molecule is CC(C)CNC(=O)CN(C)c1nc(C(=O)O)ccc1N. The van der Waals surface area contributed by atoms with E-state index in [1.165, 1.54) is 17.0 Å². The van der Waals surface area contributed by atoms with Crippen molar-refractivity contribution in [3.8, 4) is 0 Å². The zero-order valence-corrected chi connectivity index (χ0v) is 11.9. The van der Waals surface area contributed by atoms with Gasteiger partial charge in [-0.15, -0.1) is 0 Å². The lowest BCUT2D eigenvalue weighted by atomic mass is 10.2. The molecule has 1 aromatic heterocycles. The molecule has 110 valence electrons. The highest BCUT2D eigenvalue weighted by atomic mass is 16.4. The molecule has 7 nitrogen and oxygen atoms in total. The summed E-state index contributed by atoms with van der Waals surface area (Å²) in [7, 11) is 1.64. The fourth-order valence-corrected chi connectivity index (χ4v) is 1.55. The topological polar surface area (TPSA) is 109 Å². The Hall–Kier alpha value is -2.31. The van der Waals surface area contributed by atoms with Crippen LogP contribution >= 0.6 is 0 Å². The molecule has 0 radical (unpaired) electrons. The average Bonchev–Trinajstić information content (AvgIpc) is 2.36. The van der Waals surface area contributed by atoms with Crippen LogP contribution in [-0.4, -0.2) is 42.1 Å². The molecule has 1 amide bonds. The van der Waals surface area contributed by atoms with E-state index in [1.807, 2.05) is 13.8 Å². The molecule has 0 atom stereocenters.